The van der Waals surface area contributed by atoms with E-state index in [1.54, 1.807) is 17.4 Å². The van der Waals surface area contributed by atoms with Gasteiger partial charge in [-0.3, -0.25) is 0 Å². The summed E-state index contributed by atoms with van der Waals surface area (Å²) in [4.78, 5) is 4.34. The second kappa shape index (κ2) is 4.71. The van der Waals surface area contributed by atoms with Gasteiger partial charge in [0.2, 0.25) is 0 Å². The van der Waals surface area contributed by atoms with Crippen molar-refractivity contribution in [2.24, 2.45) is 0 Å². The van der Waals surface area contributed by atoms with Crippen LogP contribution < -0.4 is 5.32 Å². The fraction of sp³-hybridized carbons (Fsp3) is 0.357. The van der Waals surface area contributed by atoms with Gasteiger partial charge >= 0.3 is 0 Å². The highest BCUT2D eigenvalue weighted by molar-refractivity contribution is 7.09. The number of aromatic hydroxyl groups is 1. The highest BCUT2D eigenvalue weighted by atomic mass is 32.1. The van der Waals surface area contributed by atoms with Crippen LogP contribution in [0.15, 0.2) is 29.8 Å². The molecule has 2 N–H and O–H groups in total. The van der Waals surface area contributed by atoms with Gasteiger partial charge in [0.05, 0.1) is 6.04 Å². The lowest BCUT2D eigenvalue weighted by atomic mass is 10.1. The Morgan fingerprint density at radius 2 is 2.39 bits per heavy atom. The van der Waals surface area contributed by atoms with Crippen LogP contribution in [0, 0.1) is 0 Å². The zero-order valence-electron chi connectivity index (χ0n) is 10.3. The number of nitrogens with one attached hydrogen (secondary N) is 1. The molecule has 2 unspecified atom stereocenters. The van der Waals surface area contributed by atoms with Gasteiger partial charge in [-0.25, -0.2) is 4.98 Å². The topological polar surface area (TPSA) is 45.1 Å². The largest absolute Gasteiger partial charge is 0.508 e. The molecule has 94 valence electrons. The molecule has 2 atom stereocenters. The summed E-state index contributed by atoms with van der Waals surface area (Å²) in [6.07, 6.45) is 3.83. The predicted octanol–water partition coefficient (Wildman–Crippen LogP) is 3.19. The summed E-state index contributed by atoms with van der Waals surface area (Å²) in [5.74, 6) is 0.429. The smallest absolute Gasteiger partial charge is 0.119 e. The first-order chi connectivity index (χ1) is 8.75. The summed E-state index contributed by atoms with van der Waals surface area (Å²) in [5, 5.41) is 16.5. The summed E-state index contributed by atoms with van der Waals surface area (Å²) in [6, 6.07) is 6.37. The third-order valence-corrected chi connectivity index (χ3v) is 4.48. The highest BCUT2D eigenvalue weighted by Crippen LogP contribution is 2.37. The number of fused-ring (bicyclic) bond motifs is 1. The molecule has 0 radical (unpaired) electrons. The minimum absolute atomic E-state index is 0.253. The van der Waals surface area contributed by atoms with Crippen LogP contribution >= 0.6 is 11.3 Å². The van der Waals surface area contributed by atoms with Crippen molar-refractivity contribution < 1.29 is 5.11 Å². The fourth-order valence-electron chi connectivity index (χ4n) is 2.63. The summed E-state index contributed by atoms with van der Waals surface area (Å²) in [7, 11) is 0. The average Bonchev–Trinajstić information content (AvgIpc) is 2.99. The Balaban J connectivity index is 1.79. The summed E-state index contributed by atoms with van der Waals surface area (Å²) < 4.78 is 0. The number of thiazole rings is 1. The number of hydrogen-bond donors (Lipinski definition) is 2. The molecular formula is C14H16N2OS. The molecule has 1 aromatic heterocycles. The molecule has 0 saturated heterocycles. The fourth-order valence-corrected chi connectivity index (χ4v) is 3.28. The van der Waals surface area contributed by atoms with E-state index in [-0.39, 0.29) is 6.04 Å². The van der Waals surface area contributed by atoms with Crippen LogP contribution in [0.25, 0.3) is 0 Å². The van der Waals surface area contributed by atoms with Crippen molar-refractivity contribution in [3.8, 4) is 5.75 Å². The Morgan fingerprint density at radius 1 is 1.50 bits per heavy atom. The molecule has 1 aliphatic carbocycles. The minimum atomic E-state index is 0.253. The lowest BCUT2D eigenvalue weighted by molar-refractivity contribution is 0.464. The van der Waals surface area contributed by atoms with E-state index in [2.05, 4.69) is 23.3 Å². The minimum Gasteiger partial charge on any atom is -0.508 e. The van der Waals surface area contributed by atoms with Gasteiger partial charge < -0.3 is 10.4 Å². The Labute approximate surface area is 111 Å². The van der Waals surface area contributed by atoms with Crippen LogP contribution in [0.2, 0.25) is 0 Å². The molecule has 0 spiro atoms. The van der Waals surface area contributed by atoms with Crippen molar-refractivity contribution in [1.29, 1.82) is 0 Å². The number of aromatic nitrogens is 1. The molecule has 1 aliphatic rings. The molecule has 4 heteroatoms. The maximum Gasteiger partial charge on any atom is 0.119 e. The Hall–Kier alpha value is -1.39. The Kier molecular flexibility index (Phi) is 3.06. The van der Waals surface area contributed by atoms with E-state index in [0.717, 1.165) is 23.4 Å². The van der Waals surface area contributed by atoms with Crippen molar-refractivity contribution in [1.82, 2.24) is 10.3 Å². The van der Waals surface area contributed by atoms with Gasteiger partial charge in [-0.15, -0.1) is 11.3 Å². The van der Waals surface area contributed by atoms with E-state index in [0.29, 0.717) is 11.8 Å². The van der Waals surface area contributed by atoms with Crippen molar-refractivity contribution in [2.75, 3.05) is 0 Å². The number of phenols is 1. The monoisotopic (exact) mass is 260 g/mol. The van der Waals surface area contributed by atoms with Crippen LogP contribution in [0.3, 0.4) is 0 Å². The molecule has 3 rings (SSSR count). The lowest BCUT2D eigenvalue weighted by Crippen LogP contribution is -2.22. The molecular weight excluding hydrogens is 244 g/mol. The Bertz CT molecular complexity index is 539. The van der Waals surface area contributed by atoms with Gasteiger partial charge in [0, 0.05) is 17.6 Å². The van der Waals surface area contributed by atoms with Crippen molar-refractivity contribution in [3.63, 3.8) is 0 Å². The van der Waals surface area contributed by atoms with Crippen LogP contribution in [-0.4, -0.2) is 10.1 Å². The van der Waals surface area contributed by atoms with E-state index < -0.39 is 0 Å². The second-order valence-electron chi connectivity index (χ2n) is 4.69. The molecule has 0 aliphatic heterocycles. The Morgan fingerprint density at radius 3 is 3.17 bits per heavy atom. The first kappa shape index (κ1) is 11.7. The number of benzene rings is 1. The molecule has 1 aromatic carbocycles. The SMILES string of the molecule is CC(NC1CCc2c(O)cccc21)c1nccs1. The zero-order chi connectivity index (χ0) is 12.5. The van der Waals surface area contributed by atoms with E-state index in [1.807, 2.05) is 17.6 Å². The van der Waals surface area contributed by atoms with E-state index in [1.165, 1.54) is 5.56 Å². The number of nitrogens with zero attached hydrogens (tertiary/aromatic N) is 1. The summed E-state index contributed by atoms with van der Waals surface area (Å²) >= 11 is 1.68. The molecule has 18 heavy (non-hydrogen) atoms. The molecule has 0 amide bonds. The highest BCUT2D eigenvalue weighted by Gasteiger charge is 2.26. The van der Waals surface area contributed by atoms with Crippen LogP contribution in [0.1, 0.15) is 41.6 Å². The first-order valence-electron chi connectivity index (χ1n) is 6.22. The van der Waals surface area contributed by atoms with Crippen molar-refractivity contribution >= 4 is 11.3 Å². The number of phenolic OH excluding ortho intramolecular Hbond substituents is 1. The van der Waals surface area contributed by atoms with Crippen molar-refractivity contribution in [3.05, 3.63) is 45.9 Å². The van der Waals surface area contributed by atoms with Crippen LogP contribution in [-0.2, 0) is 6.42 Å². The van der Waals surface area contributed by atoms with Crippen LogP contribution in [0.5, 0.6) is 5.75 Å². The lowest BCUT2D eigenvalue weighted by Gasteiger charge is -2.18. The van der Waals surface area contributed by atoms with Gasteiger partial charge in [0.1, 0.15) is 10.8 Å². The molecule has 0 fully saturated rings. The summed E-state index contributed by atoms with van der Waals surface area (Å²) in [6.45, 7) is 2.14. The molecule has 0 bridgehead atoms. The molecule has 0 saturated carbocycles. The van der Waals surface area contributed by atoms with Gasteiger partial charge in [0.15, 0.2) is 0 Å². The van der Waals surface area contributed by atoms with E-state index in [4.69, 9.17) is 0 Å². The van der Waals surface area contributed by atoms with Crippen LogP contribution in [0.4, 0.5) is 0 Å². The number of hydrogen-bond acceptors (Lipinski definition) is 4. The zero-order valence-corrected chi connectivity index (χ0v) is 11.1. The van der Waals surface area contributed by atoms with Gasteiger partial charge in [-0.1, -0.05) is 12.1 Å². The van der Waals surface area contributed by atoms with E-state index in [9.17, 15) is 5.11 Å². The maximum absolute atomic E-state index is 9.83. The van der Waals surface area contributed by atoms with Gasteiger partial charge in [-0.2, -0.15) is 0 Å². The average molecular weight is 260 g/mol. The standard InChI is InChI=1S/C14H16N2OS/c1-9(14-15-7-8-18-14)16-12-6-5-11-10(12)3-2-4-13(11)17/h2-4,7-9,12,16-17H,5-6H2,1H3. The first-order valence-corrected chi connectivity index (χ1v) is 7.10. The number of rotatable bonds is 3. The third kappa shape index (κ3) is 2.02. The maximum atomic E-state index is 9.83. The van der Waals surface area contributed by atoms with Gasteiger partial charge in [0.25, 0.3) is 0 Å². The van der Waals surface area contributed by atoms with E-state index >= 15 is 0 Å². The normalized spacial score (nSPS) is 19.7. The quantitative estimate of drug-likeness (QED) is 0.891. The van der Waals surface area contributed by atoms with Crippen molar-refractivity contribution in [2.45, 2.75) is 31.8 Å². The summed E-state index contributed by atoms with van der Waals surface area (Å²) in [5.41, 5.74) is 2.33. The molecule has 3 nitrogen and oxygen atoms in total. The second-order valence-corrected chi connectivity index (χ2v) is 5.62. The third-order valence-electron chi connectivity index (χ3n) is 3.52. The predicted molar refractivity (Wildman–Crippen MR) is 72.8 cm³/mol. The van der Waals surface area contributed by atoms with Gasteiger partial charge in [-0.05, 0) is 37.0 Å². The molecule has 1 heterocycles. The molecule has 2 aromatic rings.